The molecule has 0 fully saturated rings. The summed E-state index contributed by atoms with van der Waals surface area (Å²) < 4.78 is 5.35. The number of benzene rings is 2. The van der Waals surface area contributed by atoms with Gasteiger partial charge in [0.1, 0.15) is 0 Å². The van der Waals surface area contributed by atoms with Gasteiger partial charge in [0.2, 0.25) is 0 Å². The molecule has 0 saturated carbocycles. The summed E-state index contributed by atoms with van der Waals surface area (Å²) in [5, 5.41) is 0. The summed E-state index contributed by atoms with van der Waals surface area (Å²) in [6.07, 6.45) is 1.23. The van der Waals surface area contributed by atoms with Crippen LogP contribution < -0.4 is 0 Å². The Hall–Kier alpha value is -2.13. The standard InChI is InChI=1S/C23H31NO2/c1-4-24(5-2)18-17-23(19-22(25)26-6-3,20-13-9-7-10-14-20)21-15-11-8-12-16-21/h7-16H,4-6,17-19H2,1-3H3. The van der Waals surface area contributed by atoms with Crippen molar-refractivity contribution >= 4 is 5.97 Å². The molecule has 0 heterocycles. The Morgan fingerprint density at radius 2 is 1.38 bits per heavy atom. The van der Waals surface area contributed by atoms with E-state index < -0.39 is 0 Å². The molecule has 0 bridgehead atoms. The van der Waals surface area contributed by atoms with Crippen molar-refractivity contribution in [3.63, 3.8) is 0 Å². The lowest BCUT2D eigenvalue weighted by atomic mass is 9.69. The molecule has 2 aromatic rings. The van der Waals surface area contributed by atoms with Crippen molar-refractivity contribution < 1.29 is 9.53 Å². The largest absolute Gasteiger partial charge is 0.466 e. The maximum Gasteiger partial charge on any atom is 0.307 e. The van der Waals surface area contributed by atoms with Gasteiger partial charge in [-0.3, -0.25) is 4.79 Å². The Balaban J connectivity index is 2.49. The number of hydrogen-bond acceptors (Lipinski definition) is 3. The molecule has 0 aliphatic heterocycles. The van der Waals surface area contributed by atoms with Crippen LogP contribution in [0.5, 0.6) is 0 Å². The molecular weight excluding hydrogens is 322 g/mol. The van der Waals surface area contributed by atoms with E-state index in [2.05, 4.69) is 67.3 Å². The highest BCUT2D eigenvalue weighted by molar-refractivity contribution is 5.73. The summed E-state index contributed by atoms with van der Waals surface area (Å²) in [6, 6.07) is 20.8. The van der Waals surface area contributed by atoms with Crippen molar-refractivity contribution in [1.29, 1.82) is 0 Å². The zero-order valence-electron chi connectivity index (χ0n) is 16.3. The summed E-state index contributed by atoms with van der Waals surface area (Å²) in [6.45, 7) is 9.60. The average molecular weight is 354 g/mol. The van der Waals surface area contributed by atoms with Crippen LogP contribution >= 0.6 is 0 Å². The highest BCUT2D eigenvalue weighted by Gasteiger charge is 2.37. The fourth-order valence-corrected chi connectivity index (χ4v) is 3.61. The fraction of sp³-hybridized carbons (Fsp3) is 0.435. The number of carbonyl (C=O) groups excluding carboxylic acids is 1. The summed E-state index contributed by atoms with van der Waals surface area (Å²) in [5.41, 5.74) is 1.97. The van der Waals surface area contributed by atoms with E-state index in [-0.39, 0.29) is 11.4 Å². The van der Waals surface area contributed by atoms with Gasteiger partial charge >= 0.3 is 5.97 Å². The molecular formula is C23H31NO2. The Labute approximate surface area is 158 Å². The second-order valence-corrected chi connectivity index (χ2v) is 6.57. The molecule has 0 amide bonds. The van der Waals surface area contributed by atoms with Crippen molar-refractivity contribution in [3.05, 3.63) is 71.8 Å². The minimum atomic E-state index is -0.378. The van der Waals surface area contributed by atoms with E-state index in [1.165, 1.54) is 11.1 Å². The van der Waals surface area contributed by atoms with Gasteiger partial charge in [-0.05, 0) is 44.1 Å². The predicted octanol–water partition coefficient (Wildman–Crippen LogP) is 4.66. The molecule has 0 atom stereocenters. The first-order valence-electron chi connectivity index (χ1n) is 9.65. The van der Waals surface area contributed by atoms with Gasteiger partial charge in [-0.25, -0.2) is 0 Å². The SMILES string of the molecule is CCOC(=O)CC(CCN(CC)CC)(c1ccccc1)c1ccccc1. The zero-order valence-corrected chi connectivity index (χ0v) is 16.3. The van der Waals surface area contributed by atoms with Crippen molar-refractivity contribution in [3.8, 4) is 0 Å². The van der Waals surface area contributed by atoms with Gasteiger partial charge in [0.15, 0.2) is 0 Å². The molecule has 26 heavy (non-hydrogen) atoms. The first-order valence-corrected chi connectivity index (χ1v) is 9.65. The van der Waals surface area contributed by atoms with Crippen LogP contribution in [0.3, 0.4) is 0 Å². The summed E-state index contributed by atoms with van der Waals surface area (Å²) in [5.74, 6) is -0.139. The van der Waals surface area contributed by atoms with Crippen LogP contribution in [-0.2, 0) is 14.9 Å². The lowest BCUT2D eigenvalue weighted by molar-refractivity contribution is -0.144. The van der Waals surface area contributed by atoms with E-state index in [0.717, 1.165) is 26.1 Å². The van der Waals surface area contributed by atoms with Gasteiger partial charge in [0.25, 0.3) is 0 Å². The maximum atomic E-state index is 12.6. The Kier molecular flexibility index (Phi) is 7.86. The first kappa shape index (κ1) is 20.2. The number of carbonyl (C=O) groups is 1. The maximum absolute atomic E-state index is 12.6. The average Bonchev–Trinajstić information content (AvgIpc) is 2.69. The number of ether oxygens (including phenoxy) is 1. The monoisotopic (exact) mass is 353 g/mol. The van der Waals surface area contributed by atoms with Crippen molar-refractivity contribution in [2.75, 3.05) is 26.2 Å². The minimum absolute atomic E-state index is 0.139. The number of esters is 1. The van der Waals surface area contributed by atoms with Gasteiger partial charge in [0.05, 0.1) is 13.0 Å². The van der Waals surface area contributed by atoms with E-state index in [9.17, 15) is 4.79 Å². The Morgan fingerprint density at radius 1 is 0.885 bits per heavy atom. The molecule has 2 aromatic carbocycles. The molecule has 0 aliphatic rings. The molecule has 3 heteroatoms. The van der Waals surface area contributed by atoms with E-state index in [1.807, 2.05) is 19.1 Å². The topological polar surface area (TPSA) is 29.5 Å². The van der Waals surface area contributed by atoms with Crippen molar-refractivity contribution in [2.24, 2.45) is 0 Å². The van der Waals surface area contributed by atoms with E-state index in [0.29, 0.717) is 13.0 Å². The van der Waals surface area contributed by atoms with Gasteiger partial charge in [0, 0.05) is 5.41 Å². The second kappa shape index (κ2) is 10.1. The number of rotatable bonds is 10. The third-order valence-corrected chi connectivity index (χ3v) is 5.15. The number of hydrogen-bond donors (Lipinski definition) is 0. The van der Waals surface area contributed by atoms with Crippen LogP contribution in [0.15, 0.2) is 60.7 Å². The molecule has 0 radical (unpaired) electrons. The second-order valence-electron chi connectivity index (χ2n) is 6.57. The van der Waals surface area contributed by atoms with E-state index in [4.69, 9.17) is 4.74 Å². The molecule has 0 spiro atoms. The van der Waals surface area contributed by atoms with Crippen LogP contribution in [0.4, 0.5) is 0 Å². The molecule has 0 aromatic heterocycles. The van der Waals surface area contributed by atoms with Gasteiger partial charge < -0.3 is 9.64 Å². The van der Waals surface area contributed by atoms with Gasteiger partial charge in [-0.2, -0.15) is 0 Å². The summed E-state index contributed by atoms with van der Waals surface area (Å²) in [4.78, 5) is 15.0. The third kappa shape index (κ3) is 4.95. The lowest BCUT2D eigenvalue weighted by Gasteiger charge is -2.36. The first-order chi connectivity index (χ1) is 12.7. The van der Waals surface area contributed by atoms with E-state index >= 15 is 0 Å². The van der Waals surface area contributed by atoms with Crippen molar-refractivity contribution in [1.82, 2.24) is 4.90 Å². The normalized spacial score (nSPS) is 11.5. The van der Waals surface area contributed by atoms with Crippen LogP contribution in [-0.4, -0.2) is 37.1 Å². The Morgan fingerprint density at radius 3 is 1.81 bits per heavy atom. The van der Waals surface area contributed by atoms with E-state index in [1.54, 1.807) is 0 Å². The predicted molar refractivity (Wildman–Crippen MR) is 107 cm³/mol. The van der Waals surface area contributed by atoms with Crippen molar-refractivity contribution in [2.45, 2.75) is 39.0 Å². The smallest absolute Gasteiger partial charge is 0.307 e. The van der Waals surface area contributed by atoms with Gasteiger partial charge in [-0.1, -0.05) is 74.5 Å². The Bertz CT molecular complexity index is 611. The van der Waals surface area contributed by atoms with Crippen LogP contribution in [0.25, 0.3) is 0 Å². The third-order valence-electron chi connectivity index (χ3n) is 5.15. The molecule has 140 valence electrons. The highest BCUT2D eigenvalue weighted by atomic mass is 16.5. The van der Waals surface area contributed by atoms with Gasteiger partial charge in [-0.15, -0.1) is 0 Å². The molecule has 0 aliphatic carbocycles. The highest BCUT2D eigenvalue weighted by Crippen LogP contribution is 2.39. The van der Waals surface area contributed by atoms with Crippen LogP contribution in [0.1, 0.15) is 44.7 Å². The molecule has 3 nitrogen and oxygen atoms in total. The molecule has 2 rings (SSSR count). The minimum Gasteiger partial charge on any atom is -0.466 e. The lowest BCUT2D eigenvalue weighted by Crippen LogP contribution is -2.36. The molecule has 0 saturated heterocycles. The van der Waals surface area contributed by atoms with Crippen LogP contribution in [0, 0.1) is 0 Å². The fourth-order valence-electron chi connectivity index (χ4n) is 3.61. The zero-order chi connectivity index (χ0) is 18.8. The quantitative estimate of drug-likeness (QED) is 0.582. The van der Waals surface area contributed by atoms with Crippen LogP contribution in [0.2, 0.25) is 0 Å². The number of nitrogens with zero attached hydrogens (tertiary/aromatic N) is 1. The molecule has 0 unspecified atom stereocenters. The summed E-state index contributed by atoms with van der Waals surface area (Å²) >= 11 is 0. The molecule has 0 N–H and O–H groups in total. The summed E-state index contributed by atoms with van der Waals surface area (Å²) in [7, 11) is 0.